The number of halogens is 1. The first-order chi connectivity index (χ1) is 15.2. The molecule has 1 heterocycles. The first-order valence-electron chi connectivity index (χ1n) is 10.4. The van der Waals surface area contributed by atoms with Crippen LogP contribution >= 0.6 is 0 Å². The van der Waals surface area contributed by atoms with Crippen molar-refractivity contribution < 1.29 is 18.7 Å². The van der Waals surface area contributed by atoms with Crippen molar-refractivity contribution in [2.45, 2.75) is 45.3 Å². The van der Waals surface area contributed by atoms with Gasteiger partial charge in [0.2, 0.25) is 0 Å². The van der Waals surface area contributed by atoms with Crippen LogP contribution in [0.25, 0.3) is 11.1 Å². The molecule has 2 aromatic carbocycles. The van der Waals surface area contributed by atoms with E-state index >= 15 is 0 Å². The largest absolute Gasteiger partial charge is 0.490 e. The fraction of sp³-hybridized carbons (Fsp3) is 0.391. The van der Waals surface area contributed by atoms with Crippen LogP contribution < -0.4 is 10.6 Å². The Balaban J connectivity index is 1.56. The molecule has 2 aromatic rings. The molecule has 0 saturated carbocycles. The van der Waals surface area contributed by atoms with Gasteiger partial charge in [-0.1, -0.05) is 17.4 Å². The molecule has 0 spiro atoms. The van der Waals surface area contributed by atoms with E-state index in [2.05, 4.69) is 15.3 Å². The van der Waals surface area contributed by atoms with Crippen LogP contribution in [-0.2, 0) is 4.74 Å². The molecule has 32 heavy (non-hydrogen) atoms. The number of nitrogens with zero attached hydrogens (tertiary/aromatic N) is 4. The third kappa shape index (κ3) is 6.50. The van der Waals surface area contributed by atoms with Crippen LogP contribution in [0.4, 0.5) is 14.9 Å². The number of rotatable bonds is 5. The van der Waals surface area contributed by atoms with E-state index in [-0.39, 0.29) is 12.2 Å². The third-order valence-corrected chi connectivity index (χ3v) is 4.84. The van der Waals surface area contributed by atoms with Gasteiger partial charge in [0.05, 0.1) is 5.69 Å². The molecule has 0 aromatic heterocycles. The maximum Gasteiger partial charge on any atom is 0.410 e. The van der Waals surface area contributed by atoms with Crippen molar-refractivity contribution in [2.24, 2.45) is 21.2 Å². The van der Waals surface area contributed by atoms with Gasteiger partial charge in [-0.15, -0.1) is 5.11 Å². The van der Waals surface area contributed by atoms with Gasteiger partial charge in [-0.2, -0.15) is 0 Å². The number of carbonyl (C=O) groups excluding carboxylic acids is 1. The second-order valence-electron chi connectivity index (χ2n) is 8.45. The number of hydrogen-bond donors (Lipinski definition) is 1. The summed E-state index contributed by atoms with van der Waals surface area (Å²) in [5.74, 6) is 5.20. The van der Waals surface area contributed by atoms with Crippen LogP contribution in [0.15, 0.2) is 57.8 Å². The predicted octanol–water partition coefficient (Wildman–Crippen LogP) is 5.26. The lowest BCUT2D eigenvalue weighted by Gasteiger charge is -2.33. The number of likely N-dealkylation sites (tertiary alicyclic amines) is 1. The first kappa shape index (κ1) is 23.2. The molecule has 2 N–H and O–H groups in total. The molecule has 0 atom stereocenters. The molecule has 1 saturated heterocycles. The van der Waals surface area contributed by atoms with Crippen LogP contribution in [0.3, 0.4) is 0 Å². The summed E-state index contributed by atoms with van der Waals surface area (Å²) in [7, 11) is 0. The second-order valence-corrected chi connectivity index (χ2v) is 8.45. The van der Waals surface area contributed by atoms with Crippen molar-refractivity contribution in [3.63, 3.8) is 0 Å². The number of hydrogen-bond acceptors (Lipinski definition) is 5. The average molecular weight is 442 g/mol. The number of amides is 1. The third-order valence-electron chi connectivity index (χ3n) is 4.84. The van der Waals surface area contributed by atoms with Gasteiger partial charge in [-0.3, -0.25) is 0 Å². The van der Waals surface area contributed by atoms with Gasteiger partial charge in [0.15, 0.2) is 0 Å². The summed E-state index contributed by atoms with van der Waals surface area (Å²) >= 11 is 0. The van der Waals surface area contributed by atoms with E-state index in [0.717, 1.165) is 24.7 Å². The lowest BCUT2D eigenvalue weighted by Crippen LogP contribution is -2.44. The Morgan fingerprint density at radius 3 is 2.44 bits per heavy atom. The van der Waals surface area contributed by atoms with Crippen molar-refractivity contribution in [2.75, 3.05) is 13.1 Å². The number of nitrogens with two attached hydrogens (primary N) is 1. The Hall–Kier alpha value is -3.49. The smallest absolute Gasteiger partial charge is 0.410 e. The Labute approximate surface area is 186 Å². The summed E-state index contributed by atoms with van der Waals surface area (Å²) in [5, 5.41) is 6.47. The van der Waals surface area contributed by atoms with E-state index in [1.165, 1.54) is 6.07 Å². The van der Waals surface area contributed by atoms with Crippen molar-refractivity contribution in [1.82, 2.24) is 4.90 Å². The van der Waals surface area contributed by atoms with Crippen molar-refractivity contribution in [1.29, 1.82) is 0 Å². The predicted molar refractivity (Wildman–Crippen MR) is 120 cm³/mol. The molecule has 3 rings (SSSR count). The fourth-order valence-corrected chi connectivity index (χ4v) is 3.33. The van der Waals surface area contributed by atoms with Gasteiger partial charge in [-0.25, -0.2) is 14.2 Å². The molecular formula is C23H28FN5O3. The molecule has 0 radical (unpaired) electrons. The van der Waals surface area contributed by atoms with Crippen molar-refractivity contribution in [3.05, 3.63) is 48.3 Å². The van der Waals surface area contributed by atoms with Crippen LogP contribution in [-0.4, -0.2) is 42.1 Å². The lowest BCUT2D eigenvalue weighted by atomic mass is 10.0. The minimum absolute atomic E-state index is 0.0130. The van der Waals surface area contributed by atoms with Crippen molar-refractivity contribution >= 4 is 18.1 Å². The van der Waals surface area contributed by atoms with Crippen LogP contribution in [0.1, 0.15) is 33.6 Å². The van der Waals surface area contributed by atoms with Gasteiger partial charge in [0, 0.05) is 37.6 Å². The molecule has 1 amide bonds. The van der Waals surface area contributed by atoms with Crippen LogP contribution in [0, 0.1) is 5.82 Å². The summed E-state index contributed by atoms with van der Waals surface area (Å²) in [6, 6.07) is 11.9. The Morgan fingerprint density at radius 2 is 1.84 bits per heavy atom. The SMILES string of the molecule is CC(C)(C)OC(=O)N1CCC(Oc2ccc(-c3ccc(N=CN=NN)cc3F)cc2)CC1. The second kappa shape index (κ2) is 10.2. The van der Waals surface area contributed by atoms with E-state index in [1.807, 2.05) is 45.0 Å². The normalized spacial score (nSPS) is 15.4. The first-order valence-corrected chi connectivity index (χ1v) is 10.4. The van der Waals surface area contributed by atoms with Crippen LogP contribution in [0.5, 0.6) is 5.75 Å². The van der Waals surface area contributed by atoms with Gasteiger partial charge < -0.3 is 20.2 Å². The Bertz CT molecular complexity index is 978. The topological polar surface area (TPSA) is 102 Å². The number of piperidine rings is 1. The van der Waals surface area contributed by atoms with E-state index in [4.69, 9.17) is 15.3 Å². The van der Waals surface area contributed by atoms with Crippen molar-refractivity contribution in [3.8, 4) is 16.9 Å². The number of aliphatic imine (C=N–C) groups is 1. The molecule has 0 bridgehead atoms. The van der Waals surface area contributed by atoms with E-state index in [9.17, 15) is 9.18 Å². The maximum absolute atomic E-state index is 14.5. The number of carbonyl (C=O) groups is 1. The molecule has 1 aliphatic rings. The highest BCUT2D eigenvalue weighted by Crippen LogP contribution is 2.29. The Morgan fingerprint density at radius 1 is 1.16 bits per heavy atom. The molecule has 1 aliphatic heterocycles. The fourth-order valence-electron chi connectivity index (χ4n) is 3.33. The van der Waals surface area contributed by atoms with Gasteiger partial charge in [0.25, 0.3) is 0 Å². The zero-order valence-corrected chi connectivity index (χ0v) is 18.5. The lowest BCUT2D eigenvalue weighted by molar-refractivity contribution is 0.0126. The quantitative estimate of drug-likeness (QED) is 0.225. The van der Waals surface area contributed by atoms with E-state index in [1.54, 1.807) is 17.0 Å². The summed E-state index contributed by atoms with van der Waals surface area (Å²) in [6.45, 7) is 6.74. The summed E-state index contributed by atoms with van der Waals surface area (Å²) in [4.78, 5) is 17.8. The molecule has 1 fully saturated rings. The monoisotopic (exact) mass is 441 g/mol. The maximum atomic E-state index is 14.5. The van der Waals surface area contributed by atoms with Gasteiger partial charge >= 0.3 is 6.09 Å². The zero-order valence-electron chi connectivity index (χ0n) is 18.5. The molecule has 170 valence electrons. The van der Waals surface area contributed by atoms with Gasteiger partial charge in [-0.05, 0) is 50.6 Å². The average Bonchev–Trinajstić information content (AvgIpc) is 2.74. The van der Waals surface area contributed by atoms with E-state index < -0.39 is 11.4 Å². The summed E-state index contributed by atoms with van der Waals surface area (Å²) in [6.07, 6.45) is 2.32. The zero-order chi connectivity index (χ0) is 23.1. The number of ether oxygens (including phenoxy) is 2. The van der Waals surface area contributed by atoms with E-state index in [0.29, 0.717) is 30.1 Å². The van der Waals surface area contributed by atoms with Gasteiger partial charge in [0.1, 0.15) is 29.6 Å². The minimum atomic E-state index is -0.504. The van der Waals surface area contributed by atoms with Crippen LogP contribution in [0.2, 0.25) is 0 Å². The minimum Gasteiger partial charge on any atom is -0.490 e. The summed E-state index contributed by atoms with van der Waals surface area (Å²) < 4.78 is 26.0. The molecule has 0 unspecified atom stereocenters. The highest BCUT2D eigenvalue weighted by molar-refractivity contribution is 5.69. The molecule has 9 heteroatoms. The number of benzene rings is 2. The molecule has 0 aliphatic carbocycles. The summed E-state index contributed by atoms with van der Waals surface area (Å²) in [5.41, 5.74) is 1.10. The molecular weight excluding hydrogens is 413 g/mol. The highest BCUT2D eigenvalue weighted by atomic mass is 19.1. The Kier molecular flexibility index (Phi) is 7.40. The highest BCUT2D eigenvalue weighted by Gasteiger charge is 2.27. The molecule has 8 nitrogen and oxygen atoms in total. The standard InChI is InChI=1S/C23H28FN5O3/c1-23(2,3)32-22(30)29-12-10-19(11-13-29)31-18-7-4-16(5-8-18)20-9-6-17(14-21(20)24)26-15-27-28-25/h4-9,14-15,19H,10-13H2,1-3H3,(H2,25,26,27).